The zero-order valence-electron chi connectivity index (χ0n) is 20.6. The first-order chi connectivity index (χ1) is 18.1. The summed E-state index contributed by atoms with van der Waals surface area (Å²) < 4.78 is 0. The third kappa shape index (κ3) is 5.15. The van der Waals surface area contributed by atoms with Crippen molar-refractivity contribution in [3.63, 3.8) is 0 Å². The van der Waals surface area contributed by atoms with Crippen LogP contribution >= 0.6 is 23.2 Å². The van der Waals surface area contributed by atoms with Gasteiger partial charge in [-0.05, 0) is 85.3 Å². The summed E-state index contributed by atoms with van der Waals surface area (Å²) in [5.74, 6) is 2.19. The molecule has 194 valence electrons. The van der Waals surface area contributed by atoms with Gasteiger partial charge in [0.05, 0.1) is 0 Å². The number of hydrogen-bond acceptors (Lipinski definition) is 5. The summed E-state index contributed by atoms with van der Waals surface area (Å²) in [4.78, 5) is 18.6. The molecule has 2 saturated heterocycles. The van der Waals surface area contributed by atoms with Gasteiger partial charge in [0, 0.05) is 41.1 Å². The molecule has 6 rings (SSSR count). The second-order valence-electron chi connectivity index (χ2n) is 10.7. The standard InChI is InChI=1S/C28H32Cl2N6O/c29-21-6-1-17(2-7-21)25(18-3-8-22(30)9-4-18)20-5-10-24-23(15-20)26(34-33-24)19-11-13-36(14-12-19)28(37)27-31-16-32-35-27/h1-4,6-9,16,19-20,23-26,33-34H,5,10-15H2,(H,31,32,35). The Morgan fingerprint density at radius 2 is 1.54 bits per heavy atom. The van der Waals surface area contributed by atoms with Crippen LogP contribution in [0.25, 0.3) is 0 Å². The number of aromatic amines is 1. The van der Waals surface area contributed by atoms with Gasteiger partial charge in [0.25, 0.3) is 5.91 Å². The molecule has 0 spiro atoms. The summed E-state index contributed by atoms with van der Waals surface area (Å²) in [6, 6.07) is 17.6. The molecule has 4 atom stereocenters. The van der Waals surface area contributed by atoms with Crippen LogP contribution in [0.4, 0.5) is 0 Å². The van der Waals surface area contributed by atoms with Crippen LogP contribution in [0.15, 0.2) is 54.9 Å². The molecule has 3 aromatic rings. The minimum Gasteiger partial charge on any atom is -0.336 e. The van der Waals surface area contributed by atoms with Crippen molar-refractivity contribution in [3.8, 4) is 0 Å². The van der Waals surface area contributed by atoms with Crippen LogP contribution in [0.2, 0.25) is 10.0 Å². The molecule has 3 aliphatic rings. The topological polar surface area (TPSA) is 85.9 Å². The number of nitrogens with zero attached hydrogens (tertiary/aromatic N) is 3. The molecule has 4 unspecified atom stereocenters. The van der Waals surface area contributed by atoms with Crippen molar-refractivity contribution in [3.05, 3.63) is 81.9 Å². The predicted molar refractivity (Wildman–Crippen MR) is 144 cm³/mol. The maximum atomic E-state index is 12.7. The Hall–Kier alpha value is -2.45. The van der Waals surface area contributed by atoms with Crippen LogP contribution in [0.3, 0.4) is 0 Å². The minimum atomic E-state index is -0.0576. The number of amides is 1. The lowest BCUT2D eigenvalue weighted by Crippen LogP contribution is -2.46. The Morgan fingerprint density at radius 3 is 2.14 bits per heavy atom. The molecule has 1 aliphatic carbocycles. The van der Waals surface area contributed by atoms with E-state index in [0.29, 0.717) is 41.6 Å². The Bertz CT molecular complexity index is 1150. The summed E-state index contributed by atoms with van der Waals surface area (Å²) in [6.45, 7) is 1.50. The van der Waals surface area contributed by atoms with Crippen molar-refractivity contribution < 1.29 is 4.79 Å². The van der Waals surface area contributed by atoms with Crippen LogP contribution in [-0.4, -0.2) is 51.2 Å². The lowest BCUT2D eigenvalue weighted by atomic mass is 9.66. The quantitative estimate of drug-likeness (QED) is 0.422. The Kier molecular flexibility index (Phi) is 7.21. The molecule has 3 heterocycles. The summed E-state index contributed by atoms with van der Waals surface area (Å²) >= 11 is 12.5. The van der Waals surface area contributed by atoms with Gasteiger partial charge in [-0.2, -0.15) is 5.10 Å². The fourth-order valence-electron chi connectivity index (χ4n) is 6.89. The highest BCUT2D eigenvalue weighted by molar-refractivity contribution is 6.30. The smallest absolute Gasteiger partial charge is 0.291 e. The highest BCUT2D eigenvalue weighted by Crippen LogP contribution is 2.46. The molecule has 1 saturated carbocycles. The van der Waals surface area contributed by atoms with Crippen LogP contribution < -0.4 is 10.9 Å². The number of piperidine rings is 1. The van der Waals surface area contributed by atoms with Gasteiger partial charge in [0.2, 0.25) is 5.82 Å². The normalized spacial score (nSPS) is 26.4. The highest BCUT2D eigenvalue weighted by Gasteiger charge is 2.46. The highest BCUT2D eigenvalue weighted by atomic mass is 35.5. The number of halogens is 2. The van der Waals surface area contributed by atoms with Crippen molar-refractivity contribution in [2.75, 3.05) is 13.1 Å². The van der Waals surface area contributed by atoms with E-state index in [4.69, 9.17) is 23.2 Å². The lowest BCUT2D eigenvalue weighted by molar-refractivity contribution is 0.0640. The second kappa shape index (κ2) is 10.7. The molecule has 1 aromatic heterocycles. The number of fused-ring (bicyclic) bond motifs is 1. The number of carbonyl (C=O) groups is 1. The van der Waals surface area contributed by atoms with E-state index in [1.807, 2.05) is 29.2 Å². The number of hydrazine groups is 1. The zero-order chi connectivity index (χ0) is 25.4. The molecular formula is C28H32Cl2N6O. The lowest BCUT2D eigenvalue weighted by Gasteiger charge is -2.41. The number of benzene rings is 2. The summed E-state index contributed by atoms with van der Waals surface area (Å²) in [5, 5.41) is 8.04. The maximum Gasteiger partial charge on any atom is 0.291 e. The van der Waals surface area contributed by atoms with E-state index in [9.17, 15) is 4.79 Å². The van der Waals surface area contributed by atoms with Crippen molar-refractivity contribution in [1.29, 1.82) is 0 Å². The third-order valence-corrected chi connectivity index (χ3v) is 9.22. The third-order valence-electron chi connectivity index (χ3n) is 8.72. The van der Waals surface area contributed by atoms with Gasteiger partial charge in [-0.3, -0.25) is 20.7 Å². The van der Waals surface area contributed by atoms with Crippen molar-refractivity contribution >= 4 is 29.1 Å². The molecular weight excluding hydrogens is 507 g/mol. The van der Waals surface area contributed by atoms with Crippen LogP contribution in [-0.2, 0) is 0 Å². The Labute approximate surface area is 227 Å². The van der Waals surface area contributed by atoms with Gasteiger partial charge in [-0.1, -0.05) is 47.5 Å². The summed E-state index contributed by atoms with van der Waals surface area (Å²) in [6.07, 6.45) is 6.84. The minimum absolute atomic E-state index is 0.0576. The van der Waals surface area contributed by atoms with E-state index in [-0.39, 0.29) is 5.91 Å². The second-order valence-corrected chi connectivity index (χ2v) is 11.6. The van der Waals surface area contributed by atoms with Crippen molar-refractivity contribution in [2.45, 2.75) is 50.1 Å². The van der Waals surface area contributed by atoms with Gasteiger partial charge in [-0.15, -0.1) is 0 Å². The first-order valence-corrected chi connectivity index (χ1v) is 14.0. The van der Waals surface area contributed by atoms with E-state index in [0.717, 1.165) is 48.8 Å². The SMILES string of the molecule is O=C(c1ncn[nH]1)N1CCC(C2NNC3CCC(C(c4ccc(Cl)cc4)c4ccc(Cl)cc4)CC32)CC1. The van der Waals surface area contributed by atoms with Gasteiger partial charge >= 0.3 is 0 Å². The van der Waals surface area contributed by atoms with Crippen LogP contribution in [0.5, 0.6) is 0 Å². The van der Waals surface area contributed by atoms with Gasteiger partial charge in [-0.25, -0.2) is 4.98 Å². The monoisotopic (exact) mass is 538 g/mol. The predicted octanol–water partition coefficient (Wildman–Crippen LogP) is 5.06. The number of aromatic nitrogens is 3. The number of nitrogens with one attached hydrogen (secondary N) is 3. The molecule has 7 nitrogen and oxygen atoms in total. The molecule has 3 fully saturated rings. The molecule has 37 heavy (non-hydrogen) atoms. The van der Waals surface area contributed by atoms with Gasteiger partial charge in [0.1, 0.15) is 6.33 Å². The zero-order valence-corrected chi connectivity index (χ0v) is 22.1. The average Bonchev–Trinajstić information content (AvgIpc) is 3.61. The van der Waals surface area contributed by atoms with Gasteiger partial charge < -0.3 is 4.90 Å². The van der Waals surface area contributed by atoms with Crippen molar-refractivity contribution in [1.82, 2.24) is 30.9 Å². The first kappa shape index (κ1) is 24.9. The number of carbonyl (C=O) groups excluding carboxylic acids is 1. The first-order valence-electron chi connectivity index (χ1n) is 13.2. The van der Waals surface area contributed by atoms with Gasteiger partial charge in [0.15, 0.2) is 0 Å². The van der Waals surface area contributed by atoms with E-state index >= 15 is 0 Å². The Morgan fingerprint density at radius 1 is 0.892 bits per heavy atom. The van der Waals surface area contributed by atoms with Crippen LogP contribution in [0, 0.1) is 17.8 Å². The number of likely N-dealkylation sites (tertiary alicyclic amines) is 1. The average molecular weight is 540 g/mol. The number of rotatable bonds is 5. The fourth-order valence-corrected chi connectivity index (χ4v) is 7.14. The van der Waals surface area contributed by atoms with Crippen LogP contribution in [0.1, 0.15) is 59.8 Å². The summed E-state index contributed by atoms with van der Waals surface area (Å²) in [5.41, 5.74) is 9.92. The molecule has 2 aliphatic heterocycles. The number of hydrogen-bond donors (Lipinski definition) is 3. The Balaban J connectivity index is 1.18. The molecule has 0 radical (unpaired) electrons. The molecule has 9 heteroatoms. The van der Waals surface area contributed by atoms with E-state index in [1.54, 1.807) is 0 Å². The molecule has 2 aromatic carbocycles. The molecule has 0 bridgehead atoms. The molecule has 3 N–H and O–H groups in total. The maximum absolute atomic E-state index is 12.7. The molecule has 1 amide bonds. The van der Waals surface area contributed by atoms with E-state index in [1.165, 1.54) is 23.9 Å². The van der Waals surface area contributed by atoms with E-state index in [2.05, 4.69) is 50.3 Å². The fraction of sp³-hybridized carbons (Fsp3) is 0.464. The van der Waals surface area contributed by atoms with E-state index < -0.39 is 0 Å². The largest absolute Gasteiger partial charge is 0.336 e. The number of H-pyrrole nitrogens is 1. The van der Waals surface area contributed by atoms with Crippen molar-refractivity contribution in [2.24, 2.45) is 17.8 Å². The summed E-state index contributed by atoms with van der Waals surface area (Å²) in [7, 11) is 0.